The van der Waals surface area contributed by atoms with E-state index in [2.05, 4.69) is 9.72 Å². The lowest BCUT2D eigenvalue weighted by Crippen LogP contribution is -2.19. The average Bonchev–Trinajstić information content (AvgIpc) is 2.29. The largest absolute Gasteiger partial charge is 0.574 e. The molecule has 5 nitrogen and oxygen atoms in total. The lowest BCUT2D eigenvalue weighted by atomic mass is 10.1. The van der Waals surface area contributed by atoms with E-state index in [0.717, 1.165) is 6.20 Å². The number of rotatable bonds is 4. The third kappa shape index (κ3) is 3.24. The van der Waals surface area contributed by atoms with E-state index in [-0.39, 0.29) is 24.3 Å². The Kier molecular flexibility index (Phi) is 4.33. The molecule has 0 radical (unpaired) electrons. The maximum atomic E-state index is 12.2. The zero-order chi connectivity index (χ0) is 13.8. The van der Waals surface area contributed by atoms with Gasteiger partial charge in [0.1, 0.15) is 5.75 Å². The highest BCUT2D eigenvalue weighted by Gasteiger charge is 2.33. The normalized spacial score (nSPS) is 10.9. The first-order valence-corrected chi connectivity index (χ1v) is 4.80. The Morgan fingerprint density at radius 3 is 2.61 bits per heavy atom. The summed E-state index contributed by atoms with van der Waals surface area (Å²) in [7, 11) is 1.27. The molecule has 1 rings (SSSR count). The molecule has 0 atom stereocenters. The van der Waals surface area contributed by atoms with Crippen LogP contribution in [0.1, 0.15) is 11.1 Å². The molecule has 1 aromatic heterocycles. The van der Waals surface area contributed by atoms with Gasteiger partial charge < -0.3 is 15.2 Å². The van der Waals surface area contributed by atoms with Crippen LogP contribution in [-0.4, -0.2) is 18.5 Å². The molecule has 1 aromatic rings. The van der Waals surface area contributed by atoms with Crippen LogP contribution >= 0.6 is 0 Å². The van der Waals surface area contributed by atoms with Crippen LogP contribution in [0, 0.1) is 11.3 Å². The zero-order valence-electron chi connectivity index (χ0n) is 9.41. The maximum absolute atomic E-state index is 12.2. The molecule has 0 amide bonds. The van der Waals surface area contributed by atoms with Crippen LogP contribution < -0.4 is 15.2 Å². The first kappa shape index (κ1) is 14.1. The highest BCUT2D eigenvalue weighted by atomic mass is 19.4. The number of nitriles is 1. The number of hydrogen-bond acceptors (Lipinski definition) is 5. The molecule has 0 saturated carbocycles. The minimum absolute atomic E-state index is 0.0287. The van der Waals surface area contributed by atoms with Crippen LogP contribution in [0.4, 0.5) is 13.2 Å². The van der Waals surface area contributed by atoms with Gasteiger partial charge in [0.2, 0.25) is 5.88 Å². The van der Waals surface area contributed by atoms with Gasteiger partial charge in [0.15, 0.2) is 0 Å². The van der Waals surface area contributed by atoms with Gasteiger partial charge in [0, 0.05) is 18.3 Å². The molecule has 1 heterocycles. The van der Waals surface area contributed by atoms with Gasteiger partial charge in [-0.3, -0.25) is 0 Å². The molecule has 0 fully saturated rings. The minimum Gasteiger partial charge on any atom is -0.496 e. The monoisotopic (exact) mass is 261 g/mol. The fourth-order valence-corrected chi connectivity index (χ4v) is 1.40. The second kappa shape index (κ2) is 5.55. The Morgan fingerprint density at radius 2 is 2.17 bits per heavy atom. The number of halogens is 3. The number of hydrogen-bond donors (Lipinski definition) is 1. The van der Waals surface area contributed by atoms with Gasteiger partial charge >= 0.3 is 6.36 Å². The van der Waals surface area contributed by atoms with Gasteiger partial charge in [0.25, 0.3) is 0 Å². The van der Waals surface area contributed by atoms with E-state index in [1.54, 1.807) is 6.07 Å². The Balaban J connectivity index is 3.30. The third-order valence-electron chi connectivity index (χ3n) is 2.05. The second-order valence-electron chi connectivity index (χ2n) is 3.19. The molecule has 0 aliphatic heterocycles. The van der Waals surface area contributed by atoms with Crippen molar-refractivity contribution in [1.82, 2.24) is 4.98 Å². The summed E-state index contributed by atoms with van der Waals surface area (Å²) in [5.41, 5.74) is 5.73. The molecule has 0 bridgehead atoms. The summed E-state index contributed by atoms with van der Waals surface area (Å²) in [5.74, 6) is -0.605. The highest BCUT2D eigenvalue weighted by molar-refractivity contribution is 5.47. The van der Waals surface area contributed by atoms with Crippen molar-refractivity contribution in [3.05, 3.63) is 17.3 Å². The molecule has 0 aliphatic carbocycles. The number of nitrogens with zero attached hydrogens (tertiary/aromatic N) is 2. The van der Waals surface area contributed by atoms with Crippen molar-refractivity contribution in [1.29, 1.82) is 5.26 Å². The number of nitrogens with two attached hydrogens (primary N) is 1. The summed E-state index contributed by atoms with van der Waals surface area (Å²) in [6, 6.07) is 1.73. The molecular formula is C10H10F3N3O2. The Labute approximate surface area is 101 Å². The van der Waals surface area contributed by atoms with Gasteiger partial charge in [-0.2, -0.15) is 5.26 Å². The molecule has 0 spiro atoms. The highest BCUT2D eigenvalue weighted by Crippen LogP contribution is 2.33. The van der Waals surface area contributed by atoms with Crippen molar-refractivity contribution >= 4 is 0 Å². The number of methoxy groups -OCH3 is 1. The van der Waals surface area contributed by atoms with Crippen LogP contribution in [0.15, 0.2) is 6.20 Å². The van der Waals surface area contributed by atoms with Gasteiger partial charge in [-0.1, -0.05) is 0 Å². The molecule has 98 valence electrons. The number of pyridine rings is 1. The first-order chi connectivity index (χ1) is 8.42. The van der Waals surface area contributed by atoms with E-state index in [4.69, 9.17) is 15.7 Å². The fraction of sp³-hybridized carbons (Fsp3) is 0.400. The predicted molar refractivity (Wildman–Crippen MR) is 54.7 cm³/mol. The van der Waals surface area contributed by atoms with Crippen LogP contribution in [0.5, 0.6) is 11.6 Å². The van der Waals surface area contributed by atoms with E-state index in [1.807, 2.05) is 0 Å². The number of alkyl halides is 3. The summed E-state index contributed by atoms with van der Waals surface area (Å²) in [5, 5.41) is 8.62. The van der Waals surface area contributed by atoms with E-state index in [0.29, 0.717) is 5.56 Å². The van der Waals surface area contributed by atoms with E-state index >= 15 is 0 Å². The van der Waals surface area contributed by atoms with E-state index < -0.39 is 12.2 Å². The van der Waals surface area contributed by atoms with Gasteiger partial charge in [-0.15, -0.1) is 13.2 Å². The Morgan fingerprint density at radius 1 is 1.50 bits per heavy atom. The number of ether oxygens (including phenoxy) is 2. The molecule has 8 heteroatoms. The van der Waals surface area contributed by atoms with Crippen molar-refractivity contribution in [2.24, 2.45) is 5.73 Å². The van der Waals surface area contributed by atoms with Gasteiger partial charge in [-0.25, -0.2) is 4.98 Å². The average molecular weight is 261 g/mol. The fourth-order valence-electron chi connectivity index (χ4n) is 1.40. The molecule has 0 unspecified atom stereocenters. The maximum Gasteiger partial charge on any atom is 0.574 e. The van der Waals surface area contributed by atoms with Crippen molar-refractivity contribution in [3.63, 3.8) is 0 Å². The summed E-state index contributed by atoms with van der Waals surface area (Å²) in [6.45, 7) is 0.0287. The summed E-state index contributed by atoms with van der Waals surface area (Å²) in [6.07, 6.45) is -4.08. The quantitative estimate of drug-likeness (QED) is 0.888. The summed E-state index contributed by atoms with van der Waals surface area (Å²) in [4.78, 5) is 3.51. The Bertz CT molecular complexity index is 469. The second-order valence-corrected chi connectivity index (χ2v) is 3.19. The van der Waals surface area contributed by atoms with Crippen LogP contribution in [0.3, 0.4) is 0 Å². The molecule has 2 N–H and O–H groups in total. The molecule has 0 saturated heterocycles. The van der Waals surface area contributed by atoms with Crippen LogP contribution in [-0.2, 0) is 13.0 Å². The minimum atomic E-state index is -4.88. The zero-order valence-corrected chi connectivity index (χ0v) is 9.41. The molecular weight excluding hydrogens is 251 g/mol. The van der Waals surface area contributed by atoms with Crippen molar-refractivity contribution in [2.45, 2.75) is 19.3 Å². The lowest BCUT2D eigenvalue weighted by Gasteiger charge is -2.15. The van der Waals surface area contributed by atoms with Crippen molar-refractivity contribution in [3.8, 4) is 17.7 Å². The Hall–Kier alpha value is -2.01. The van der Waals surface area contributed by atoms with Crippen molar-refractivity contribution < 1.29 is 22.6 Å². The van der Waals surface area contributed by atoms with E-state index in [1.165, 1.54) is 7.11 Å². The number of aromatic nitrogens is 1. The topological polar surface area (TPSA) is 81.2 Å². The summed E-state index contributed by atoms with van der Waals surface area (Å²) < 4.78 is 45.2. The van der Waals surface area contributed by atoms with Crippen LogP contribution in [0.25, 0.3) is 0 Å². The smallest absolute Gasteiger partial charge is 0.496 e. The standard InChI is InChI=1S/C10H10F3N3O2/c1-17-8-6(4-15)5-16-9(7(8)2-3-14)18-10(11,12)13/h5H,2,4,15H2,1H3. The first-order valence-electron chi connectivity index (χ1n) is 4.80. The molecule has 0 aromatic carbocycles. The van der Waals surface area contributed by atoms with Gasteiger partial charge in [-0.05, 0) is 0 Å². The van der Waals surface area contributed by atoms with Crippen molar-refractivity contribution in [2.75, 3.05) is 7.11 Å². The SMILES string of the molecule is COc1c(CN)cnc(OC(F)(F)F)c1CC#N. The summed E-state index contributed by atoms with van der Waals surface area (Å²) >= 11 is 0. The predicted octanol–water partition coefficient (Wildman–Crippen LogP) is 1.51. The van der Waals surface area contributed by atoms with Crippen LogP contribution in [0.2, 0.25) is 0 Å². The molecule has 18 heavy (non-hydrogen) atoms. The third-order valence-corrected chi connectivity index (χ3v) is 2.05. The lowest BCUT2D eigenvalue weighted by molar-refractivity contribution is -0.276. The van der Waals surface area contributed by atoms with E-state index in [9.17, 15) is 13.2 Å². The molecule has 0 aliphatic rings. The van der Waals surface area contributed by atoms with Gasteiger partial charge in [0.05, 0.1) is 25.2 Å².